The molecule has 1 aromatic carbocycles. The fourth-order valence-electron chi connectivity index (χ4n) is 2.37. The average molecular weight is 249 g/mol. The second-order valence-corrected chi connectivity index (χ2v) is 4.83. The Morgan fingerprint density at radius 2 is 2.00 bits per heavy atom. The second-order valence-electron chi connectivity index (χ2n) is 4.83. The van der Waals surface area contributed by atoms with Crippen LogP contribution in [-0.2, 0) is 11.2 Å². The SMILES string of the molecule is O=C(Cc1ccccc1O)NC1CCCCC1O. The number of phenolic OH excluding ortho intramolecular Hbond substituents is 1. The first-order chi connectivity index (χ1) is 8.66. The van der Waals surface area contributed by atoms with Crippen molar-refractivity contribution >= 4 is 5.91 Å². The zero-order chi connectivity index (χ0) is 13.0. The summed E-state index contributed by atoms with van der Waals surface area (Å²) in [5.74, 6) is -0.0145. The normalized spacial score (nSPS) is 23.6. The van der Waals surface area contributed by atoms with Crippen molar-refractivity contribution in [3.05, 3.63) is 29.8 Å². The molecule has 0 spiro atoms. The highest BCUT2D eigenvalue weighted by atomic mass is 16.3. The molecule has 4 heteroatoms. The zero-order valence-electron chi connectivity index (χ0n) is 10.3. The van der Waals surface area contributed by atoms with Gasteiger partial charge in [-0.3, -0.25) is 4.79 Å². The lowest BCUT2D eigenvalue weighted by Crippen LogP contribution is -2.45. The largest absolute Gasteiger partial charge is 0.508 e. The van der Waals surface area contributed by atoms with Crippen molar-refractivity contribution < 1.29 is 15.0 Å². The number of carbonyl (C=O) groups excluding carboxylic acids is 1. The van der Waals surface area contributed by atoms with E-state index in [0.29, 0.717) is 5.56 Å². The molecule has 2 rings (SSSR count). The van der Waals surface area contributed by atoms with Gasteiger partial charge in [-0.05, 0) is 18.9 Å². The van der Waals surface area contributed by atoms with Crippen LogP contribution < -0.4 is 5.32 Å². The molecule has 1 aliphatic rings. The molecule has 0 saturated heterocycles. The lowest BCUT2D eigenvalue weighted by atomic mass is 9.92. The number of rotatable bonds is 3. The average Bonchev–Trinajstić information content (AvgIpc) is 2.35. The Morgan fingerprint density at radius 1 is 1.28 bits per heavy atom. The third-order valence-electron chi connectivity index (χ3n) is 3.42. The minimum atomic E-state index is -0.438. The van der Waals surface area contributed by atoms with E-state index in [9.17, 15) is 15.0 Å². The first-order valence-electron chi connectivity index (χ1n) is 6.41. The monoisotopic (exact) mass is 249 g/mol. The van der Waals surface area contributed by atoms with Crippen LogP contribution in [-0.4, -0.2) is 28.3 Å². The van der Waals surface area contributed by atoms with E-state index in [-0.39, 0.29) is 24.1 Å². The number of amides is 1. The minimum absolute atomic E-state index is 0.136. The van der Waals surface area contributed by atoms with Crippen LogP contribution in [0.3, 0.4) is 0 Å². The molecule has 1 saturated carbocycles. The van der Waals surface area contributed by atoms with Gasteiger partial charge in [-0.25, -0.2) is 0 Å². The molecule has 0 radical (unpaired) electrons. The smallest absolute Gasteiger partial charge is 0.224 e. The molecule has 1 aromatic rings. The van der Waals surface area contributed by atoms with Crippen LogP contribution in [0.1, 0.15) is 31.2 Å². The Kier molecular flexibility index (Phi) is 4.20. The molecule has 1 fully saturated rings. The molecule has 18 heavy (non-hydrogen) atoms. The maximum absolute atomic E-state index is 11.8. The Bertz CT molecular complexity index is 419. The van der Waals surface area contributed by atoms with Crippen molar-refractivity contribution in [3.8, 4) is 5.75 Å². The highest BCUT2D eigenvalue weighted by Crippen LogP contribution is 2.19. The summed E-state index contributed by atoms with van der Waals surface area (Å²) in [6.07, 6.45) is 3.35. The molecular formula is C14H19NO3. The molecule has 0 aromatic heterocycles. The van der Waals surface area contributed by atoms with Crippen molar-refractivity contribution in [2.45, 2.75) is 44.2 Å². The number of carbonyl (C=O) groups is 1. The van der Waals surface area contributed by atoms with E-state index >= 15 is 0 Å². The van der Waals surface area contributed by atoms with Crippen LogP contribution in [0.25, 0.3) is 0 Å². The van der Waals surface area contributed by atoms with Crippen molar-refractivity contribution in [1.82, 2.24) is 5.32 Å². The van der Waals surface area contributed by atoms with Crippen LogP contribution in [0.5, 0.6) is 5.75 Å². The van der Waals surface area contributed by atoms with E-state index in [1.807, 2.05) is 0 Å². The Balaban J connectivity index is 1.90. The number of aliphatic hydroxyl groups is 1. The standard InChI is InChI=1S/C14H19NO3/c16-12-7-3-1-5-10(12)9-14(18)15-11-6-2-4-8-13(11)17/h1,3,5,7,11,13,16-17H,2,4,6,8-9H2,(H,15,18). The van der Waals surface area contributed by atoms with Crippen LogP contribution in [0.2, 0.25) is 0 Å². The number of aromatic hydroxyl groups is 1. The van der Waals surface area contributed by atoms with Crippen molar-refractivity contribution in [1.29, 1.82) is 0 Å². The summed E-state index contributed by atoms with van der Waals surface area (Å²) < 4.78 is 0. The molecule has 0 aliphatic heterocycles. The van der Waals surface area contributed by atoms with Crippen LogP contribution in [0, 0.1) is 0 Å². The van der Waals surface area contributed by atoms with Crippen LogP contribution in [0.15, 0.2) is 24.3 Å². The van der Waals surface area contributed by atoms with Gasteiger partial charge in [-0.1, -0.05) is 31.0 Å². The highest BCUT2D eigenvalue weighted by molar-refractivity contribution is 5.79. The van der Waals surface area contributed by atoms with Crippen molar-refractivity contribution in [3.63, 3.8) is 0 Å². The van der Waals surface area contributed by atoms with E-state index in [2.05, 4.69) is 5.32 Å². The van der Waals surface area contributed by atoms with Crippen molar-refractivity contribution in [2.75, 3.05) is 0 Å². The molecule has 1 amide bonds. The van der Waals surface area contributed by atoms with Gasteiger partial charge in [-0.15, -0.1) is 0 Å². The Labute approximate surface area is 107 Å². The summed E-state index contributed by atoms with van der Waals surface area (Å²) in [5, 5.41) is 22.2. The Morgan fingerprint density at radius 3 is 2.72 bits per heavy atom. The van der Waals surface area contributed by atoms with Gasteiger partial charge in [-0.2, -0.15) is 0 Å². The quantitative estimate of drug-likeness (QED) is 0.757. The predicted molar refractivity (Wildman–Crippen MR) is 68.2 cm³/mol. The van der Waals surface area contributed by atoms with E-state index in [1.54, 1.807) is 24.3 Å². The fourth-order valence-corrected chi connectivity index (χ4v) is 2.37. The minimum Gasteiger partial charge on any atom is -0.508 e. The van der Waals surface area contributed by atoms with E-state index < -0.39 is 6.10 Å². The fraction of sp³-hybridized carbons (Fsp3) is 0.500. The first kappa shape index (κ1) is 12.9. The maximum Gasteiger partial charge on any atom is 0.224 e. The van der Waals surface area contributed by atoms with E-state index in [1.165, 1.54) is 0 Å². The summed E-state index contributed by atoms with van der Waals surface area (Å²) in [6.45, 7) is 0. The summed E-state index contributed by atoms with van der Waals surface area (Å²) in [6, 6.07) is 6.67. The third-order valence-corrected chi connectivity index (χ3v) is 3.42. The number of hydrogen-bond donors (Lipinski definition) is 3. The molecule has 0 heterocycles. The van der Waals surface area contributed by atoms with E-state index in [4.69, 9.17) is 0 Å². The van der Waals surface area contributed by atoms with Crippen molar-refractivity contribution in [2.24, 2.45) is 0 Å². The molecular weight excluding hydrogens is 230 g/mol. The molecule has 2 unspecified atom stereocenters. The summed E-state index contributed by atoms with van der Waals surface area (Å²) in [5.41, 5.74) is 0.611. The highest BCUT2D eigenvalue weighted by Gasteiger charge is 2.24. The summed E-state index contributed by atoms with van der Waals surface area (Å²) in [4.78, 5) is 11.8. The molecule has 0 bridgehead atoms. The number of aliphatic hydroxyl groups excluding tert-OH is 1. The van der Waals surface area contributed by atoms with Crippen LogP contribution >= 0.6 is 0 Å². The number of nitrogens with one attached hydrogen (secondary N) is 1. The first-order valence-corrected chi connectivity index (χ1v) is 6.41. The molecule has 4 nitrogen and oxygen atoms in total. The molecule has 1 aliphatic carbocycles. The maximum atomic E-state index is 11.8. The Hall–Kier alpha value is -1.55. The van der Waals surface area contributed by atoms with Gasteiger partial charge < -0.3 is 15.5 Å². The lowest BCUT2D eigenvalue weighted by molar-refractivity contribution is -0.122. The van der Waals surface area contributed by atoms with Gasteiger partial charge in [0.15, 0.2) is 0 Å². The third kappa shape index (κ3) is 3.23. The van der Waals surface area contributed by atoms with E-state index in [0.717, 1.165) is 25.7 Å². The van der Waals surface area contributed by atoms with Crippen LogP contribution in [0.4, 0.5) is 0 Å². The predicted octanol–water partition coefficient (Wildman–Crippen LogP) is 1.35. The van der Waals surface area contributed by atoms with Gasteiger partial charge in [0.1, 0.15) is 5.75 Å². The summed E-state index contributed by atoms with van der Waals surface area (Å²) >= 11 is 0. The number of phenols is 1. The number of hydrogen-bond acceptors (Lipinski definition) is 3. The lowest BCUT2D eigenvalue weighted by Gasteiger charge is -2.28. The zero-order valence-corrected chi connectivity index (χ0v) is 10.3. The van der Waals surface area contributed by atoms with Gasteiger partial charge in [0, 0.05) is 5.56 Å². The molecule has 3 N–H and O–H groups in total. The van der Waals surface area contributed by atoms with Gasteiger partial charge in [0.25, 0.3) is 0 Å². The molecule has 2 atom stereocenters. The number of benzene rings is 1. The summed E-state index contributed by atoms with van der Waals surface area (Å²) in [7, 11) is 0. The van der Waals surface area contributed by atoms with Gasteiger partial charge in [0.2, 0.25) is 5.91 Å². The van der Waals surface area contributed by atoms with Gasteiger partial charge >= 0.3 is 0 Å². The topological polar surface area (TPSA) is 69.6 Å². The molecule has 98 valence electrons. The number of para-hydroxylation sites is 1. The second kappa shape index (κ2) is 5.87. The van der Waals surface area contributed by atoms with Gasteiger partial charge in [0.05, 0.1) is 18.6 Å².